The predicted octanol–water partition coefficient (Wildman–Crippen LogP) is 5.65. The summed E-state index contributed by atoms with van der Waals surface area (Å²) in [5.74, 6) is -0.0517. The number of hydrogen-bond acceptors (Lipinski definition) is 5. The van der Waals surface area contributed by atoms with Gasteiger partial charge >= 0.3 is 0 Å². The van der Waals surface area contributed by atoms with Crippen molar-refractivity contribution in [1.82, 2.24) is 9.80 Å². The molecule has 0 radical (unpaired) electrons. The molecule has 0 aliphatic carbocycles. The van der Waals surface area contributed by atoms with Crippen molar-refractivity contribution in [1.29, 1.82) is 0 Å². The van der Waals surface area contributed by atoms with Gasteiger partial charge in [-0.2, -0.15) is 0 Å². The molecule has 2 aliphatic rings. The lowest BCUT2D eigenvalue weighted by atomic mass is 10.00. The Labute approximate surface area is 241 Å². The van der Waals surface area contributed by atoms with Crippen molar-refractivity contribution in [3.05, 3.63) is 88.9 Å². The minimum absolute atomic E-state index is 0.128. The molecule has 0 atom stereocenters. The van der Waals surface area contributed by atoms with Crippen molar-refractivity contribution in [3.63, 3.8) is 0 Å². The van der Waals surface area contributed by atoms with Gasteiger partial charge in [0.1, 0.15) is 0 Å². The first-order valence-corrected chi connectivity index (χ1v) is 14.3. The second kappa shape index (κ2) is 12.7. The Bertz CT molecular complexity index is 1380. The van der Waals surface area contributed by atoms with Crippen LogP contribution in [0.3, 0.4) is 0 Å². The number of hydrogen-bond donors (Lipinski definition) is 2. The highest BCUT2D eigenvalue weighted by molar-refractivity contribution is 6.38. The minimum Gasteiger partial charge on any atom is -0.354 e. The molecule has 5 rings (SSSR count). The third-order valence-corrected chi connectivity index (χ3v) is 7.71. The average Bonchev–Trinajstić information content (AvgIpc) is 3.28. The van der Waals surface area contributed by atoms with Crippen LogP contribution in [0, 0.1) is 0 Å². The number of carbonyl (C=O) groups is 2. The predicted molar refractivity (Wildman–Crippen MR) is 165 cm³/mol. The van der Waals surface area contributed by atoms with Crippen LogP contribution in [0.25, 0.3) is 11.3 Å². The maximum Gasteiger partial charge on any atom is 0.258 e. The van der Waals surface area contributed by atoms with Crippen molar-refractivity contribution in [3.8, 4) is 0 Å². The Kier molecular flexibility index (Phi) is 8.85. The molecule has 2 heterocycles. The van der Waals surface area contributed by atoms with E-state index < -0.39 is 0 Å². The van der Waals surface area contributed by atoms with Crippen LogP contribution in [0.4, 0.5) is 17.1 Å². The molecule has 0 aromatic heterocycles. The maximum absolute atomic E-state index is 13.4. The first kappa shape index (κ1) is 27.9. The standard InChI is InChI=1S/C32H36ClN5O2/c1-3-4-16-38(29(39)22-37-19-17-36(2)18-20-37)26-13-11-25(12-14-26)34-31(23-8-6-5-7-9-23)30-27-15-10-24(33)21-28(27)35-32(30)40/h5-15,21,34H,3-4,16-20,22H2,1-2H3,(H,35,40). The Hall–Kier alpha value is -3.65. The first-order valence-electron chi connectivity index (χ1n) is 13.9. The van der Waals surface area contributed by atoms with Crippen molar-refractivity contribution in [2.75, 3.05) is 61.8 Å². The van der Waals surface area contributed by atoms with Gasteiger partial charge in [-0.15, -0.1) is 0 Å². The first-order chi connectivity index (χ1) is 19.4. The monoisotopic (exact) mass is 557 g/mol. The van der Waals surface area contributed by atoms with E-state index in [0.29, 0.717) is 35.1 Å². The lowest BCUT2D eigenvalue weighted by Crippen LogP contribution is -2.49. The summed E-state index contributed by atoms with van der Waals surface area (Å²) < 4.78 is 0. The molecule has 3 aromatic rings. The van der Waals surface area contributed by atoms with Crippen molar-refractivity contribution in [2.24, 2.45) is 0 Å². The molecule has 1 saturated heterocycles. The molecule has 208 valence electrons. The van der Waals surface area contributed by atoms with Gasteiger partial charge in [-0.1, -0.05) is 61.3 Å². The lowest BCUT2D eigenvalue weighted by Gasteiger charge is -2.33. The second-order valence-corrected chi connectivity index (χ2v) is 10.8. The highest BCUT2D eigenvalue weighted by atomic mass is 35.5. The van der Waals surface area contributed by atoms with E-state index in [1.54, 1.807) is 12.1 Å². The molecule has 3 aromatic carbocycles. The van der Waals surface area contributed by atoms with E-state index in [-0.39, 0.29) is 11.8 Å². The third kappa shape index (κ3) is 6.39. The van der Waals surface area contributed by atoms with E-state index >= 15 is 0 Å². The average molecular weight is 558 g/mol. The Morgan fingerprint density at radius 1 is 1.00 bits per heavy atom. The van der Waals surface area contributed by atoms with Crippen LogP contribution in [0.2, 0.25) is 5.02 Å². The van der Waals surface area contributed by atoms with E-state index in [0.717, 1.165) is 61.5 Å². The summed E-state index contributed by atoms with van der Waals surface area (Å²) in [6.45, 7) is 7.04. The van der Waals surface area contributed by atoms with E-state index in [1.807, 2.05) is 65.6 Å². The fourth-order valence-corrected chi connectivity index (χ4v) is 5.31. The summed E-state index contributed by atoms with van der Waals surface area (Å²) in [5.41, 5.74) is 5.38. The molecule has 7 nitrogen and oxygen atoms in total. The molecule has 0 bridgehead atoms. The zero-order valence-corrected chi connectivity index (χ0v) is 23.9. The van der Waals surface area contributed by atoms with Crippen LogP contribution in [0.15, 0.2) is 72.8 Å². The summed E-state index contributed by atoms with van der Waals surface area (Å²) in [6, 6.07) is 23.2. The van der Waals surface area contributed by atoms with E-state index in [9.17, 15) is 9.59 Å². The number of amides is 2. The fraction of sp³-hybridized carbons (Fsp3) is 0.312. The molecule has 0 unspecified atom stereocenters. The van der Waals surface area contributed by atoms with E-state index in [2.05, 4.69) is 34.4 Å². The van der Waals surface area contributed by atoms with Gasteiger partial charge in [-0.25, -0.2) is 0 Å². The second-order valence-electron chi connectivity index (χ2n) is 10.4. The number of unbranched alkanes of at least 4 members (excludes halogenated alkanes) is 1. The molecule has 2 amide bonds. The van der Waals surface area contributed by atoms with Crippen molar-refractivity contribution in [2.45, 2.75) is 19.8 Å². The van der Waals surface area contributed by atoms with Gasteiger partial charge in [0.25, 0.3) is 5.91 Å². The highest BCUT2D eigenvalue weighted by Gasteiger charge is 2.29. The summed E-state index contributed by atoms with van der Waals surface area (Å²) in [6.07, 6.45) is 1.96. The fourth-order valence-electron chi connectivity index (χ4n) is 5.14. The Morgan fingerprint density at radius 3 is 2.42 bits per heavy atom. The van der Waals surface area contributed by atoms with Crippen LogP contribution in [0.5, 0.6) is 0 Å². The van der Waals surface area contributed by atoms with E-state index in [4.69, 9.17) is 11.6 Å². The van der Waals surface area contributed by atoms with E-state index in [1.165, 1.54) is 0 Å². The number of anilines is 3. The number of benzene rings is 3. The van der Waals surface area contributed by atoms with Crippen LogP contribution < -0.4 is 15.5 Å². The van der Waals surface area contributed by atoms with Crippen LogP contribution in [-0.4, -0.2) is 67.9 Å². The molecular formula is C32H36ClN5O2. The SMILES string of the molecule is CCCCN(C(=O)CN1CCN(C)CC1)c1ccc(NC(=C2C(=O)Nc3cc(Cl)ccc32)c2ccccc2)cc1. The summed E-state index contributed by atoms with van der Waals surface area (Å²) in [4.78, 5) is 33.0. The number of carbonyl (C=O) groups excluding carboxylic acids is 2. The number of nitrogens with zero attached hydrogens (tertiary/aromatic N) is 3. The Balaban J connectivity index is 1.41. The molecule has 2 aliphatic heterocycles. The molecule has 8 heteroatoms. The van der Waals surface area contributed by atoms with Gasteiger partial charge in [0.05, 0.1) is 23.5 Å². The summed E-state index contributed by atoms with van der Waals surface area (Å²) in [7, 11) is 2.12. The topological polar surface area (TPSA) is 67.9 Å². The number of likely N-dealkylation sites (N-methyl/N-ethyl adjacent to an activating group) is 1. The highest BCUT2D eigenvalue weighted by Crippen LogP contribution is 2.38. The molecular weight excluding hydrogens is 522 g/mol. The number of piperazine rings is 1. The summed E-state index contributed by atoms with van der Waals surface area (Å²) >= 11 is 6.18. The zero-order valence-electron chi connectivity index (χ0n) is 23.1. The van der Waals surface area contributed by atoms with Gasteiger partial charge in [-0.3, -0.25) is 14.5 Å². The summed E-state index contributed by atoms with van der Waals surface area (Å²) in [5, 5.41) is 7.01. The normalized spacial score (nSPS) is 16.8. The largest absolute Gasteiger partial charge is 0.354 e. The molecule has 40 heavy (non-hydrogen) atoms. The molecule has 0 saturated carbocycles. The number of rotatable bonds is 9. The zero-order chi connectivity index (χ0) is 28.1. The third-order valence-electron chi connectivity index (χ3n) is 7.48. The van der Waals surface area contributed by atoms with Gasteiger partial charge in [0.2, 0.25) is 5.91 Å². The maximum atomic E-state index is 13.4. The molecule has 2 N–H and O–H groups in total. The number of fused-ring (bicyclic) bond motifs is 1. The van der Waals surface area contributed by atoms with Gasteiger partial charge in [0.15, 0.2) is 0 Å². The van der Waals surface area contributed by atoms with Crippen LogP contribution in [0.1, 0.15) is 30.9 Å². The number of halogens is 1. The van der Waals surface area contributed by atoms with Crippen LogP contribution in [-0.2, 0) is 9.59 Å². The van der Waals surface area contributed by atoms with Gasteiger partial charge in [0, 0.05) is 54.7 Å². The smallest absolute Gasteiger partial charge is 0.258 e. The molecule has 1 fully saturated rings. The Morgan fingerprint density at radius 2 is 1.73 bits per heavy atom. The van der Waals surface area contributed by atoms with Gasteiger partial charge in [-0.05, 0) is 55.4 Å². The molecule has 0 spiro atoms. The van der Waals surface area contributed by atoms with Crippen molar-refractivity contribution < 1.29 is 9.59 Å². The minimum atomic E-state index is -0.180. The number of nitrogens with one attached hydrogen (secondary N) is 2. The lowest BCUT2D eigenvalue weighted by molar-refractivity contribution is -0.120. The quantitative estimate of drug-likeness (QED) is 0.333. The van der Waals surface area contributed by atoms with Crippen LogP contribution >= 0.6 is 11.6 Å². The van der Waals surface area contributed by atoms with Gasteiger partial charge < -0.3 is 20.4 Å². The van der Waals surface area contributed by atoms with Crippen molar-refractivity contribution >= 4 is 51.7 Å².